The second-order valence-corrected chi connectivity index (χ2v) is 17.2. The van der Waals surface area contributed by atoms with E-state index in [1.165, 1.54) is 84.9 Å². The number of fused-ring (bicyclic) bond motifs is 17. The molecular weight excluding hydrogens is 731 g/mol. The van der Waals surface area contributed by atoms with Crippen molar-refractivity contribution in [2.75, 3.05) is 0 Å². The van der Waals surface area contributed by atoms with Crippen molar-refractivity contribution in [2.45, 2.75) is 5.41 Å². The molecule has 0 amide bonds. The molecular formula is C52H29N3S2. The molecule has 13 rings (SSSR count). The molecule has 3 nitrogen and oxygen atoms in total. The van der Waals surface area contributed by atoms with Gasteiger partial charge >= 0.3 is 0 Å². The predicted octanol–water partition coefficient (Wildman–Crippen LogP) is 14.0. The molecule has 57 heavy (non-hydrogen) atoms. The first kappa shape index (κ1) is 31.4. The maximum Gasteiger partial charge on any atom is 0.164 e. The quantitative estimate of drug-likeness (QED) is 0.180. The SMILES string of the molecule is c1ccc(-c2nc(-c3ccccc3)nc(-c3ccc4c(c3)sc3ccc5c(c34)C3(c4ccccc4-c4ccccc43)c3cc4sc6ccccc6c4cc3-5)n2)cc1. The minimum Gasteiger partial charge on any atom is -0.208 e. The van der Waals surface area contributed by atoms with Crippen LogP contribution in [0.5, 0.6) is 0 Å². The van der Waals surface area contributed by atoms with Crippen LogP contribution in [-0.2, 0) is 5.41 Å². The van der Waals surface area contributed by atoms with Crippen molar-refractivity contribution >= 4 is 63.0 Å². The van der Waals surface area contributed by atoms with E-state index in [9.17, 15) is 0 Å². The lowest BCUT2D eigenvalue weighted by Gasteiger charge is -2.31. The highest BCUT2D eigenvalue weighted by molar-refractivity contribution is 7.26. The van der Waals surface area contributed by atoms with Gasteiger partial charge in [0.05, 0.1) is 5.41 Å². The van der Waals surface area contributed by atoms with Gasteiger partial charge in [-0.2, -0.15) is 0 Å². The summed E-state index contributed by atoms with van der Waals surface area (Å²) in [6.07, 6.45) is 0. The van der Waals surface area contributed by atoms with Crippen LogP contribution in [0, 0.1) is 0 Å². The highest BCUT2D eigenvalue weighted by Gasteiger charge is 2.53. The summed E-state index contributed by atoms with van der Waals surface area (Å²) < 4.78 is 5.17. The van der Waals surface area contributed by atoms with Crippen molar-refractivity contribution in [3.63, 3.8) is 0 Å². The lowest BCUT2D eigenvalue weighted by Crippen LogP contribution is -2.26. The minimum absolute atomic E-state index is 0.461. The van der Waals surface area contributed by atoms with E-state index >= 15 is 0 Å². The Labute approximate surface area is 336 Å². The highest BCUT2D eigenvalue weighted by atomic mass is 32.1. The average Bonchev–Trinajstić information content (AvgIpc) is 4.00. The third kappa shape index (κ3) is 4.27. The number of rotatable bonds is 3. The molecule has 11 aromatic rings. The van der Waals surface area contributed by atoms with Gasteiger partial charge in [0.2, 0.25) is 0 Å². The smallest absolute Gasteiger partial charge is 0.164 e. The van der Waals surface area contributed by atoms with Crippen LogP contribution < -0.4 is 0 Å². The number of nitrogens with zero attached hydrogens (tertiary/aromatic N) is 3. The van der Waals surface area contributed by atoms with Gasteiger partial charge < -0.3 is 0 Å². The second-order valence-electron chi connectivity index (χ2n) is 15.0. The summed E-state index contributed by atoms with van der Waals surface area (Å²) in [6.45, 7) is 0. The molecule has 2 aliphatic rings. The van der Waals surface area contributed by atoms with Crippen molar-refractivity contribution in [1.29, 1.82) is 0 Å². The molecule has 0 N–H and O–H groups in total. The molecule has 0 bridgehead atoms. The molecule has 0 fully saturated rings. The van der Waals surface area contributed by atoms with E-state index in [4.69, 9.17) is 15.0 Å². The van der Waals surface area contributed by atoms with Crippen molar-refractivity contribution < 1.29 is 0 Å². The lowest BCUT2D eigenvalue weighted by molar-refractivity contribution is 0.803. The van der Waals surface area contributed by atoms with Crippen LogP contribution in [0.2, 0.25) is 0 Å². The van der Waals surface area contributed by atoms with Crippen LogP contribution in [0.25, 0.3) is 96.8 Å². The fraction of sp³-hybridized carbons (Fsp3) is 0.0192. The molecule has 3 heterocycles. The molecule has 2 aliphatic carbocycles. The van der Waals surface area contributed by atoms with Gasteiger partial charge in [0.15, 0.2) is 17.5 Å². The van der Waals surface area contributed by atoms with Crippen molar-refractivity contribution in [2.24, 2.45) is 0 Å². The van der Waals surface area contributed by atoms with Crippen LogP contribution in [-0.4, -0.2) is 15.0 Å². The number of hydrogen-bond acceptors (Lipinski definition) is 5. The average molecular weight is 760 g/mol. The Bertz CT molecular complexity index is 3370. The minimum atomic E-state index is -0.461. The summed E-state index contributed by atoms with van der Waals surface area (Å²) in [6, 6.07) is 64.1. The standard InChI is InChI=1S/C52H29N3S2/c1-3-13-30(14-4-1)49-53-50(31-15-5-2-6-16-31)55-51(54-49)32-23-24-37-45(27-32)57-44-26-25-36-38-28-39-35-19-9-12-22-43(35)56-46(39)29-42(38)52(48(36)47(37)44)40-20-10-7-17-33(40)34-18-8-11-21-41(34)52/h1-29H. The van der Waals surface area contributed by atoms with Gasteiger partial charge in [-0.05, 0) is 74.8 Å². The Hall–Kier alpha value is -6.79. The monoisotopic (exact) mass is 759 g/mol. The topological polar surface area (TPSA) is 38.7 Å². The summed E-state index contributed by atoms with van der Waals surface area (Å²) in [5, 5.41) is 5.26. The number of benzene rings is 8. The zero-order chi connectivity index (χ0) is 37.2. The summed E-state index contributed by atoms with van der Waals surface area (Å²) in [5.41, 5.74) is 13.2. The van der Waals surface area contributed by atoms with Gasteiger partial charge in [0.1, 0.15) is 0 Å². The van der Waals surface area contributed by atoms with E-state index in [-0.39, 0.29) is 0 Å². The summed E-state index contributed by atoms with van der Waals surface area (Å²) in [7, 11) is 0. The molecule has 264 valence electrons. The largest absolute Gasteiger partial charge is 0.208 e. The number of hydrogen-bond donors (Lipinski definition) is 0. The van der Waals surface area contributed by atoms with Gasteiger partial charge in [-0.25, -0.2) is 15.0 Å². The Kier molecular flexibility index (Phi) is 6.40. The fourth-order valence-electron chi connectivity index (χ4n) is 9.79. The van der Waals surface area contributed by atoms with Crippen LogP contribution >= 0.6 is 22.7 Å². The molecule has 8 aromatic carbocycles. The molecule has 0 saturated carbocycles. The molecule has 0 radical (unpaired) electrons. The van der Waals surface area contributed by atoms with Gasteiger partial charge in [-0.3, -0.25) is 0 Å². The molecule has 0 atom stereocenters. The zero-order valence-corrected chi connectivity index (χ0v) is 32.0. The van der Waals surface area contributed by atoms with Crippen LogP contribution in [0.1, 0.15) is 22.3 Å². The molecule has 1 spiro atoms. The zero-order valence-electron chi connectivity index (χ0n) is 30.4. The summed E-state index contributed by atoms with van der Waals surface area (Å²) >= 11 is 3.76. The Morgan fingerprint density at radius 1 is 0.333 bits per heavy atom. The van der Waals surface area contributed by atoms with Crippen molar-refractivity contribution in [1.82, 2.24) is 15.0 Å². The first-order chi connectivity index (χ1) is 28.2. The van der Waals surface area contributed by atoms with Gasteiger partial charge in [-0.1, -0.05) is 146 Å². The van der Waals surface area contributed by atoms with Crippen LogP contribution in [0.4, 0.5) is 0 Å². The van der Waals surface area contributed by atoms with E-state index in [0.717, 1.165) is 16.7 Å². The summed E-state index contributed by atoms with van der Waals surface area (Å²) in [5.74, 6) is 2.00. The molecule has 0 saturated heterocycles. The van der Waals surface area contributed by atoms with Gasteiger partial charge in [0.25, 0.3) is 0 Å². The molecule has 3 aromatic heterocycles. The van der Waals surface area contributed by atoms with Crippen LogP contribution in [0.15, 0.2) is 176 Å². The lowest BCUT2D eigenvalue weighted by atomic mass is 9.69. The van der Waals surface area contributed by atoms with Crippen molar-refractivity contribution in [3.05, 3.63) is 198 Å². The molecule has 0 aliphatic heterocycles. The summed E-state index contributed by atoms with van der Waals surface area (Å²) in [4.78, 5) is 15.1. The van der Waals surface area contributed by atoms with Gasteiger partial charge in [0, 0.05) is 57.0 Å². The Morgan fingerprint density at radius 3 is 1.61 bits per heavy atom. The molecule has 0 unspecified atom stereocenters. The third-order valence-corrected chi connectivity index (χ3v) is 14.4. The van der Waals surface area contributed by atoms with E-state index < -0.39 is 5.41 Å². The Balaban J connectivity index is 1.09. The van der Waals surface area contributed by atoms with Crippen molar-refractivity contribution in [3.8, 4) is 56.4 Å². The van der Waals surface area contributed by atoms with E-state index in [1.807, 2.05) is 59.1 Å². The van der Waals surface area contributed by atoms with Gasteiger partial charge in [-0.15, -0.1) is 22.7 Å². The Morgan fingerprint density at radius 2 is 0.912 bits per heavy atom. The first-order valence-corrected chi connectivity index (χ1v) is 20.9. The number of aromatic nitrogens is 3. The maximum absolute atomic E-state index is 5.08. The number of thiophene rings is 2. The second kappa shape index (κ2) is 11.6. The normalized spacial score (nSPS) is 13.4. The van der Waals surface area contributed by atoms with E-state index in [0.29, 0.717) is 17.5 Å². The predicted molar refractivity (Wildman–Crippen MR) is 238 cm³/mol. The maximum atomic E-state index is 5.08. The fourth-order valence-corrected chi connectivity index (χ4v) is 12.1. The first-order valence-electron chi connectivity index (χ1n) is 19.3. The van der Waals surface area contributed by atoms with Crippen LogP contribution in [0.3, 0.4) is 0 Å². The highest BCUT2D eigenvalue weighted by Crippen LogP contribution is 2.65. The molecule has 5 heteroatoms. The van der Waals surface area contributed by atoms with E-state index in [1.54, 1.807) is 0 Å². The van der Waals surface area contributed by atoms with E-state index in [2.05, 4.69) is 140 Å². The third-order valence-electron chi connectivity index (χ3n) is 12.1.